The molecule has 2 aromatic rings. The molecule has 2 N–H and O–H groups in total. The van der Waals surface area contributed by atoms with Crippen LogP contribution in [0.2, 0.25) is 0 Å². The largest absolute Gasteiger partial charge is 0.299 e. The number of aryl methyl sites for hydroxylation is 2. The maximum absolute atomic E-state index is 11.8. The van der Waals surface area contributed by atoms with Crippen LogP contribution < -0.4 is 10.9 Å². The smallest absolute Gasteiger partial charge is 0.248 e. The van der Waals surface area contributed by atoms with E-state index in [4.69, 9.17) is 0 Å². The fourth-order valence-electron chi connectivity index (χ4n) is 1.75. The summed E-state index contributed by atoms with van der Waals surface area (Å²) in [5.74, 6) is 0.325. The summed E-state index contributed by atoms with van der Waals surface area (Å²) in [7, 11) is 0. The van der Waals surface area contributed by atoms with Crippen LogP contribution in [0.4, 0.5) is 5.69 Å². The number of hydrogen-bond acceptors (Lipinski definition) is 3. The Balaban J connectivity index is 1.85. The standard InChI is InChI=1S/C16H17BrN2OS/c1-11-9-15(12(2)8-14(11)17)21-10-16(20)19-18-13-6-4-3-5-7-13/h3-9,18H,10H2,1-2H3,(H,19,20). The minimum Gasteiger partial charge on any atom is -0.299 e. The predicted molar refractivity (Wildman–Crippen MR) is 92.5 cm³/mol. The summed E-state index contributed by atoms with van der Waals surface area (Å²) in [6, 6.07) is 13.7. The van der Waals surface area contributed by atoms with E-state index in [1.807, 2.05) is 44.2 Å². The maximum Gasteiger partial charge on any atom is 0.248 e. The number of carbonyl (C=O) groups is 1. The van der Waals surface area contributed by atoms with Gasteiger partial charge in [-0.15, -0.1) is 11.8 Å². The van der Waals surface area contributed by atoms with Gasteiger partial charge in [0.15, 0.2) is 0 Å². The van der Waals surface area contributed by atoms with Crippen LogP contribution in [0, 0.1) is 13.8 Å². The molecule has 1 amide bonds. The van der Waals surface area contributed by atoms with Gasteiger partial charge in [0.2, 0.25) is 5.91 Å². The highest BCUT2D eigenvalue weighted by Gasteiger charge is 2.07. The number of amides is 1. The molecular formula is C16H17BrN2OS. The minimum absolute atomic E-state index is 0.0520. The molecule has 0 bridgehead atoms. The van der Waals surface area contributed by atoms with Crippen molar-refractivity contribution in [1.82, 2.24) is 5.43 Å². The topological polar surface area (TPSA) is 41.1 Å². The minimum atomic E-state index is -0.0520. The van der Waals surface area contributed by atoms with Gasteiger partial charge in [-0.25, -0.2) is 0 Å². The Hall–Kier alpha value is -1.46. The molecule has 2 rings (SSSR count). The van der Waals surface area contributed by atoms with E-state index < -0.39 is 0 Å². The zero-order chi connectivity index (χ0) is 15.2. The number of para-hydroxylation sites is 1. The number of halogens is 1. The number of rotatable bonds is 5. The number of thioether (sulfide) groups is 1. The predicted octanol–water partition coefficient (Wildman–Crippen LogP) is 4.30. The van der Waals surface area contributed by atoms with Crippen molar-refractivity contribution in [2.24, 2.45) is 0 Å². The molecule has 0 aliphatic rings. The van der Waals surface area contributed by atoms with E-state index in [1.54, 1.807) is 11.8 Å². The van der Waals surface area contributed by atoms with Crippen LogP contribution in [0.15, 0.2) is 51.8 Å². The molecule has 21 heavy (non-hydrogen) atoms. The number of carbonyl (C=O) groups excluding carboxylic acids is 1. The third-order valence-corrected chi connectivity index (χ3v) is 4.95. The molecule has 0 aromatic heterocycles. The Bertz CT molecular complexity index is 632. The van der Waals surface area contributed by atoms with Crippen molar-refractivity contribution in [3.63, 3.8) is 0 Å². The first-order valence-corrected chi connectivity index (χ1v) is 8.33. The van der Waals surface area contributed by atoms with E-state index in [0.717, 1.165) is 15.1 Å². The lowest BCUT2D eigenvalue weighted by molar-refractivity contribution is -0.118. The summed E-state index contributed by atoms with van der Waals surface area (Å²) >= 11 is 5.05. The third-order valence-electron chi connectivity index (χ3n) is 2.94. The van der Waals surface area contributed by atoms with E-state index >= 15 is 0 Å². The van der Waals surface area contributed by atoms with Gasteiger partial charge in [-0.05, 0) is 49.2 Å². The quantitative estimate of drug-likeness (QED) is 0.613. The lowest BCUT2D eigenvalue weighted by Crippen LogP contribution is -2.30. The molecule has 0 fully saturated rings. The summed E-state index contributed by atoms with van der Waals surface area (Å²) in [4.78, 5) is 13.0. The molecule has 3 nitrogen and oxygen atoms in total. The van der Waals surface area contributed by atoms with E-state index in [-0.39, 0.29) is 5.91 Å². The van der Waals surface area contributed by atoms with Crippen LogP contribution >= 0.6 is 27.7 Å². The van der Waals surface area contributed by atoms with Crippen molar-refractivity contribution in [3.8, 4) is 0 Å². The average Bonchev–Trinajstić information content (AvgIpc) is 2.48. The first-order chi connectivity index (χ1) is 10.1. The Morgan fingerprint density at radius 1 is 1.14 bits per heavy atom. The Morgan fingerprint density at radius 3 is 2.57 bits per heavy atom. The molecule has 0 radical (unpaired) electrons. The first-order valence-electron chi connectivity index (χ1n) is 6.55. The van der Waals surface area contributed by atoms with Crippen molar-refractivity contribution in [2.75, 3.05) is 11.2 Å². The van der Waals surface area contributed by atoms with Crippen LogP contribution in [0.25, 0.3) is 0 Å². The van der Waals surface area contributed by atoms with Crippen molar-refractivity contribution in [3.05, 3.63) is 58.1 Å². The highest BCUT2D eigenvalue weighted by molar-refractivity contribution is 9.10. The second kappa shape index (κ2) is 7.52. The van der Waals surface area contributed by atoms with Gasteiger partial charge in [0.1, 0.15) is 0 Å². The van der Waals surface area contributed by atoms with Crippen LogP contribution in [0.5, 0.6) is 0 Å². The van der Waals surface area contributed by atoms with Crippen LogP contribution in [-0.2, 0) is 4.79 Å². The Morgan fingerprint density at radius 2 is 1.86 bits per heavy atom. The highest BCUT2D eigenvalue weighted by atomic mass is 79.9. The van der Waals surface area contributed by atoms with Crippen molar-refractivity contribution in [2.45, 2.75) is 18.7 Å². The summed E-state index contributed by atoms with van der Waals surface area (Å²) in [6.07, 6.45) is 0. The molecule has 5 heteroatoms. The zero-order valence-corrected chi connectivity index (χ0v) is 14.3. The third kappa shape index (κ3) is 4.79. The van der Waals surface area contributed by atoms with Gasteiger partial charge in [0, 0.05) is 9.37 Å². The molecular weight excluding hydrogens is 348 g/mol. The molecule has 2 aromatic carbocycles. The molecule has 0 spiro atoms. The zero-order valence-electron chi connectivity index (χ0n) is 11.9. The summed E-state index contributed by atoms with van der Waals surface area (Å²) < 4.78 is 1.10. The lowest BCUT2D eigenvalue weighted by Gasteiger charge is -2.10. The van der Waals surface area contributed by atoms with Gasteiger partial charge in [-0.1, -0.05) is 34.1 Å². The second-order valence-corrected chi connectivity index (χ2v) is 6.57. The number of nitrogens with one attached hydrogen (secondary N) is 2. The van der Waals surface area contributed by atoms with Gasteiger partial charge in [0.25, 0.3) is 0 Å². The van der Waals surface area contributed by atoms with Crippen LogP contribution in [0.3, 0.4) is 0 Å². The molecule has 0 unspecified atom stereocenters. The summed E-state index contributed by atoms with van der Waals surface area (Å²) in [5, 5.41) is 0. The van der Waals surface area contributed by atoms with Crippen molar-refractivity contribution < 1.29 is 4.79 Å². The number of hydrazine groups is 1. The molecule has 0 atom stereocenters. The van der Waals surface area contributed by atoms with Gasteiger partial charge in [0.05, 0.1) is 11.4 Å². The molecule has 0 saturated carbocycles. The maximum atomic E-state index is 11.8. The first kappa shape index (κ1) is 15.9. The van der Waals surface area contributed by atoms with Gasteiger partial charge < -0.3 is 0 Å². The molecule has 110 valence electrons. The van der Waals surface area contributed by atoms with E-state index in [0.29, 0.717) is 5.75 Å². The molecule has 0 aliphatic carbocycles. The normalized spacial score (nSPS) is 10.2. The fraction of sp³-hybridized carbons (Fsp3) is 0.188. The average molecular weight is 365 g/mol. The Labute approximate surface area is 137 Å². The lowest BCUT2D eigenvalue weighted by atomic mass is 10.2. The van der Waals surface area contributed by atoms with E-state index in [2.05, 4.69) is 38.9 Å². The molecule has 0 aliphatic heterocycles. The fourth-order valence-corrected chi connectivity index (χ4v) is 3.12. The molecule has 0 saturated heterocycles. The second-order valence-electron chi connectivity index (χ2n) is 4.69. The van der Waals surface area contributed by atoms with Crippen molar-refractivity contribution >= 4 is 39.3 Å². The monoisotopic (exact) mass is 364 g/mol. The highest BCUT2D eigenvalue weighted by Crippen LogP contribution is 2.28. The summed E-state index contributed by atoms with van der Waals surface area (Å²) in [6.45, 7) is 4.09. The van der Waals surface area contributed by atoms with E-state index in [9.17, 15) is 4.79 Å². The van der Waals surface area contributed by atoms with Gasteiger partial charge in [-0.2, -0.15) is 0 Å². The molecule has 0 heterocycles. The Kier molecular flexibility index (Phi) is 5.70. The van der Waals surface area contributed by atoms with E-state index in [1.165, 1.54) is 11.1 Å². The van der Waals surface area contributed by atoms with Crippen molar-refractivity contribution in [1.29, 1.82) is 0 Å². The van der Waals surface area contributed by atoms with Gasteiger partial charge in [-0.3, -0.25) is 15.6 Å². The number of hydrogen-bond donors (Lipinski definition) is 2. The SMILES string of the molecule is Cc1cc(SCC(=O)NNc2ccccc2)c(C)cc1Br. The number of benzene rings is 2. The van der Waals surface area contributed by atoms with Crippen LogP contribution in [-0.4, -0.2) is 11.7 Å². The van der Waals surface area contributed by atoms with Gasteiger partial charge >= 0.3 is 0 Å². The van der Waals surface area contributed by atoms with Crippen LogP contribution in [0.1, 0.15) is 11.1 Å². The number of anilines is 1. The summed E-state index contributed by atoms with van der Waals surface area (Å²) in [5.41, 5.74) is 8.80.